The summed E-state index contributed by atoms with van der Waals surface area (Å²) in [5.74, 6) is 0.0864. The molecule has 0 bridgehead atoms. The fourth-order valence-corrected chi connectivity index (χ4v) is 5.59. The summed E-state index contributed by atoms with van der Waals surface area (Å²) in [4.78, 5) is 19.8. The first-order valence-corrected chi connectivity index (χ1v) is 12.6. The fourth-order valence-electron chi connectivity index (χ4n) is 4.12. The molecular formula is C24H25FN4O3S. The lowest BCUT2D eigenvalue weighted by Crippen LogP contribution is -2.35. The highest BCUT2D eigenvalue weighted by molar-refractivity contribution is 7.89. The molecule has 1 amide bonds. The van der Waals surface area contributed by atoms with Gasteiger partial charge in [0, 0.05) is 37.6 Å². The van der Waals surface area contributed by atoms with E-state index in [2.05, 4.69) is 5.32 Å². The lowest BCUT2D eigenvalue weighted by atomic mass is 10.1. The normalized spacial score (nSPS) is 17.7. The third-order valence-corrected chi connectivity index (χ3v) is 8.00. The minimum absolute atomic E-state index is 0.0835. The number of para-hydroxylation sites is 1. The van der Waals surface area contributed by atoms with E-state index in [0.717, 1.165) is 35.9 Å². The van der Waals surface area contributed by atoms with Crippen LogP contribution in [0.1, 0.15) is 29.6 Å². The monoisotopic (exact) mass is 468 g/mol. The van der Waals surface area contributed by atoms with E-state index in [1.54, 1.807) is 0 Å². The van der Waals surface area contributed by atoms with E-state index in [1.165, 1.54) is 16.4 Å². The Bertz CT molecular complexity index is 1290. The number of pyridine rings is 1. The van der Waals surface area contributed by atoms with Crippen LogP contribution in [0.3, 0.4) is 0 Å². The van der Waals surface area contributed by atoms with Crippen molar-refractivity contribution in [3.63, 3.8) is 0 Å². The molecule has 1 aliphatic carbocycles. The average Bonchev–Trinajstić information content (AvgIpc) is 3.65. The van der Waals surface area contributed by atoms with Gasteiger partial charge in [-0.05, 0) is 55.7 Å². The van der Waals surface area contributed by atoms with Crippen molar-refractivity contribution < 1.29 is 17.6 Å². The predicted octanol–water partition coefficient (Wildman–Crippen LogP) is 3.17. The van der Waals surface area contributed by atoms with Crippen LogP contribution in [0.15, 0.2) is 59.5 Å². The molecule has 1 aliphatic heterocycles. The summed E-state index contributed by atoms with van der Waals surface area (Å²) in [5.41, 5.74) is 1.32. The molecule has 2 heterocycles. The second-order valence-electron chi connectivity index (χ2n) is 8.49. The average molecular weight is 469 g/mol. The number of rotatable bonds is 5. The summed E-state index contributed by atoms with van der Waals surface area (Å²) in [6, 6.07) is 14.5. The highest BCUT2D eigenvalue weighted by Gasteiger charge is 2.29. The number of sulfonamides is 1. The molecule has 172 valence electrons. The van der Waals surface area contributed by atoms with Gasteiger partial charge in [0.2, 0.25) is 10.0 Å². The second-order valence-corrected chi connectivity index (χ2v) is 10.4. The Balaban J connectivity index is 1.40. The smallest absolute Gasteiger partial charge is 0.252 e. The van der Waals surface area contributed by atoms with Gasteiger partial charge >= 0.3 is 0 Å². The summed E-state index contributed by atoms with van der Waals surface area (Å²) in [5, 5.41) is 3.86. The van der Waals surface area contributed by atoms with Gasteiger partial charge in [-0.2, -0.15) is 4.31 Å². The molecule has 1 N–H and O–H groups in total. The van der Waals surface area contributed by atoms with E-state index in [9.17, 15) is 17.6 Å². The predicted molar refractivity (Wildman–Crippen MR) is 124 cm³/mol. The third kappa shape index (κ3) is 4.56. The van der Waals surface area contributed by atoms with Crippen LogP contribution in [-0.2, 0) is 10.0 Å². The quantitative estimate of drug-likeness (QED) is 0.622. The largest absolute Gasteiger partial charge is 0.355 e. The minimum Gasteiger partial charge on any atom is -0.355 e. The van der Waals surface area contributed by atoms with Crippen LogP contribution >= 0.6 is 0 Å². The molecule has 7 nitrogen and oxygen atoms in total. The maximum Gasteiger partial charge on any atom is 0.252 e. The molecule has 2 aliphatic rings. The first-order chi connectivity index (χ1) is 15.9. The highest BCUT2D eigenvalue weighted by atomic mass is 32.2. The number of hydrogen-bond donors (Lipinski definition) is 1. The Morgan fingerprint density at radius 1 is 1.00 bits per heavy atom. The summed E-state index contributed by atoms with van der Waals surface area (Å²) >= 11 is 0. The molecule has 3 aromatic rings. The van der Waals surface area contributed by atoms with Crippen molar-refractivity contribution in [3.8, 4) is 0 Å². The van der Waals surface area contributed by atoms with Crippen molar-refractivity contribution in [2.45, 2.75) is 30.2 Å². The molecule has 0 unspecified atom stereocenters. The van der Waals surface area contributed by atoms with E-state index >= 15 is 0 Å². The van der Waals surface area contributed by atoms with Gasteiger partial charge in [-0.3, -0.25) is 4.79 Å². The number of amides is 1. The number of halogens is 1. The Labute approximate surface area is 192 Å². The minimum atomic E-state index is -3.72. The molecule has 0 radical (unpaired) electrons. The number of fused-ring (bicyclic) bond motifs is 1. The van der Waals surface area contributed by atoms with Crippen molar-refractivity contribution in [1.29, 1.82) is 0 Å². The Hall–Kier alpha value is -3.04. The van der Waals surface area contributed by atoms with Crippen molar-refractivity contribution in [1.82, 2.24) is 14.6 Å². The maximum atomic E-state index is 13.2. The first kappa shape index (κ1) is 21.8. The summed E-state index contributed by atoms with van der Waals surface area (Å²) in [7, 11) is -3.72. The van der Waals surface area contributed by atoms with E-state index in [1.807, 2.05) is 35.2 Å². The number of carbonyl (C=O) groups excluding carboxylic acids is 1. The Morgan fingerprint density at radius 3 is 2.52 bits per heavy atom. The zero-order valence-electron chi connectivity index (χ0n) is 18.1. The highest BCUT2D eigenvalue weighted by Crippen LogP contribution is 2.27. The van der Waals surface area contributed by atoms with Gasteiger partial charge in [0.15, 0.2) is 0 Å². The van der Waals surface area contributed by atoms with Gasteiger partial charge in [0.1, 0.15) is 11.6 Å². The number of benzene rings is 2. The van der Waals surface area contributed by atoms with Gasteiger partial charge in [-0.25, -0.2) is 17.8 Å². The van der Waals surface area contributed by atoms with E-state index in [4.69, 9.17) is 4.98 Å². The lowest BCUT2D eigenvalue weighted by Gasteiger charge is -2.23. The van der Waals surface area contributed by atoms with Crippen LogP contribution in [-0.4, -0.2) is 55.8 Å². The van der Waals surface area contributed by atoms with E-state index in [-0.39, 0.29) is 23.4 Å². The Kier molecular flexibility index (Phi) is 5.76. The van der Waals surface area contributed by atoms with E-state index < -0.39 is 15.8 Å². The number of anilines is 1. The van der Waals surface area contributed by atoms with Crippen molar-refractivity contribution in [3.05, 3.63) is 66.0 Å². The van der Waals surface area contributed by atoms with Crippen LogP contribution in [0.2, 0.25) is 0 Å². The standard InChI is InChI=1S/C24H25FN4O3S/c25-17-6-10-19(11-7-17)33(31,32)29-13-3-12-28(14-15-29)23-16-21(24(30)26-18-8-9-18)20-4-1-2-5-22(20)27-23/h1-2,4-7,10-11,16,18H,3,8-9,12-15H2,(H,26,30). The molecule has 1 saturated heterocycles. The van der Waals surface area contributed by atoms with Crippen molar-refractivity contribution >= 4 is 32.7 Å². The zero-order valence-corrected chi connectivity index (χ0v) is 18.9. The maximum absolute atomic E-state index is 13.2. The molecule has 2 fully saturated rings. The number of aromatic nitrogens is 1. The fraction of sp³-hybridized carbons (Fsp3) is 0.333. The second kappa shape index (κ2) is 8.72. The van der Waals surface area contributed by atoms with Crippen molar-refractivity contribution in [2.24, 2.45) is 0 Å². The molecule has 1 aromatic heterocycles. The van der Waals surface area contributed by atoms with E-state index in [0.29, 0.717) is 37.4 Å². The van der Waals surface area contributed by atoms with Gasteiger partial charge in [0.25, 0.3) is 5.91 Å². The van der Waals surface area contributed by atoms with Crippen molar-refractivity contribution in [2.75, 3.05) is 31.1 Å². The molecule has 9 heteroatoms. The molecular weight excluding hydrogens is 443 g/mol. The van der Waals surface area contributed by atoms with Gasteiger partial charge < -0.3 is 10.2 Å². The van der Waals surface area contributed by atoms with Crippen LogP contribution in [0.5, 0.6) is 0 Å². The number of nitrogens with zero attached hydrogens (tertiary/aromatic N) is 3. The van der Waals surface area contributed by atoms with Crippen LogP contribution in [0, 0.1) is 5.82 Å². The summed E-state index contributed by atoms with van der Waals surface area (Å²) in [6.45, 7) is 1.69. The first-order valence-electron chi connectivity index (χ1n) is 11.1. The van der Waals surface area contributed by atoms with Gasteiger partial charge in [-0.1, -0.05) is 18.2 Å². The molecule has 5 rings (SSSR count). The topological polar surface area (TPSA) is 82.6 Å². The van der Waals surface area contributed by atoms with Gasteiger partial charge in [0.05, 0.1) is 16.0 Å². The molecule has 1 saturated carbocycles. The lowest BCUT2D eigenvalue weighted by molar-refractivity contribution is 0.0952. The Morgan fingerprint density at radius 2 is 1.76 bits per heavy atom. The SMILES string of the molecule is O=C(NC1CC1)c1cc(N2CCCN(S(=O)(=O)c3ccc(F)cc3)CC2)nc2ccccc12. The molecule has 2 aromatic carbocycles. The third-order valence-electron chi connectivity index (χ3n) is 6.09. The van der Waals surface area contributed by atoms with Gasteiger partial charge in [-0.15, -0.1) is 0 Å². The van der Waals surface area contributed by atoms with Crippen LogP contribution in [0.25, 0.3) is 10.9 Å². The summed E-state index contributed by atoms with van der Waals surface area (Å²) < 4.78 is 40.8. The molecule has 0 atom stereocenters. The molecule has 0 spiro atoms. The number of nitrogens with one attached hydrogen (secondary N) is 1. The van der Waals surface area contributed by atoms with Crippen LogP contribution in [0.4, 0.5) is 10.2 Å². The number of hydrogen-bond acceptors (Lipinski definition) is 5. The molecule has 33 heavy (non-hydrogen) atoms. The number of carbonyl (C=O) groups is 1. The summed E-state index contributed by atoms with van der Waals surface area (Å²) in [6.07, 6.45) is 2.62. The zero-order chi connectivity index (χ0) is 23.0. The van der Waals surface area contributed by atoms with Crippen LogP contribution < -0.4 is 10.2 Å².